The number of carbonyl (C=O) groups excluding carboxylic acids is 1. The Balaban J connectivity index is 2.24. The van der Waals surface area contributed by atoms with Crippen LogP contribution in [0.1, 0.15) is 15.9 Å². The van der Waals surface area contributed by atoms with Gasteiger partial charge in [-0.2, -0.15) is 0 Å². The molecule has 0 saturated heterocycles. The SMILES string of the molecule is COc1ccc([N+](=O)[O-])cc1C(=O)NCc1cccc(OC)c1OC. The molecule has 0 fully saturated rings. The first kappa shape index (κ1) is 18.1. The summed E-state index contributed by atoms with van der Waals surface area (Å²) in [6.45, 7) is 0.158. The maximum absolute atomic E-state index is 12.4. The van der Waals surface area contributed by atoms with Crippen molar-refractivity contribution >= 4 is 11.6 Å². The van der Waals surface area contributed by atoms with E-state index in [9.17, 15) is 14.9 Å². The molecule has 1 N–H and O–H groups in total. The van der Waals surface area contributed by atoms with E-state index in [4.69, 9.17) is 14.2 Å². The lowest BCUT2D eigenvalue weighted by atomic mass is 10.1. The van der Waals surface area contributed by atoms with Gasteiger partial charge in [-0.25, -0.2) is 0 Å². The van der Waals surface area contributed by atoms with Crippen molar-refractivity contribution in [2.24, 2.45) is 0 Å². The highest BCUT2D eigenvalue weighted by molar-refractivity contribution is 5.97. The van der Waals surface area contributed by atoms with Gasteiger partial charge in [0.15, 0.2) is 11.5 Å². The molecule has 0 unspecified atom stereocenters. The number of nitro benzene ring substituents is 1. The van der Waals surface area contributed by atoms with Crippen LogP contribution in [0.25, 0.3) is 0 Å². The number of hydrogen-bond donors (Lipinski definition) is 1. The molecule has 2 aromatic rings. The van der Waals surface area contributed by atoms with Gasteiger partial charge >= 0.3 is 0 Å². The summed E-state index contributed by atoms with van der Waals surface area (Å²) < 4.78 is 15.6. The van der Waals surface area contributed by atoms with Crippen molar-refractivity contribution in [1.29, 1.82) is 0 Å². The van der Waals surface area contributed by atoms with Gasteiger partial charge in [0.05, 0.1) is 31.8 Å². The Labute approximate surface area is 144 Å². The smallest absolute Gasteiger partial charge is 0.270 e. The first-order chi connectivity index (χ1) is 12.0. The van der Waals surface area contributed by atoms with Gasteiger partial charge in [0.2, 0.25) is 0 Å². The van der Waals surface area contributed by atoms with E-state index in [1.54, 1.807) is 18.2 Å². The molecule has 2 aromatic carbocycles. The Hall–Kier alpha value is -3.29. The fourth-order valence-corrected chi connectivity index (χ4v) is 2.35. The van der Waals surface area contributed by atoms with E-state index in [2.05, 4.69) is 5.32 Å². The van der Waals surface area contributed by atoms with Crippen molar-refractivity contribution in [3.8, 4) is 17.2 Å². The Morgan fingerprint density at radius 3 is 2.40 bits per heavy atom. The highest BCUT2D eigenvalue weighted by Crippen LogP contribution is 2.30. The van der Waals surface area contributed by atoms with Crippen LogP contribution in [0.15, 0.2) is 36.4 Å². The molecule has 0 atom stereocenters. The number of nitrogens with zero attached hydrogens (tertiary/aromatic N) is 1. The molecule has 1 amide bonds. The minimum atomic E-state index is -0.568. The molecular formula is C17H18N2O6. The number of rotatable bonds is 7. The number of methoxy groups -OCH3 is 3. The number of non-ortho nitro benzene ring substituents is 1. The number of amides is 1. The van der Waals surface area contributed by atoms with E-state index in [1.807, 2.05) is 0 Å². The highest BCUT2D eigenvalue weighted by atomic mass is 16.6. The van der Waals surface area contributed by atoms with Crippen molar-refractivity contribution in [1.82, 2.24) is 5.32 Å². The first-order valence-corrected chi connectivity index (χ1v) is 7.32. The van der Waals surface area contributed by atoms with Gasteiger partial charge in [0.25, 0.3) is 11.6 Å². The minimum Gasteiger partial charge on any atom is -0.496 e. The third-order valence-corrected chi connectivity index (χ3v) is 3.56. The zero-order valence-electron chi connectivity index (χ0n) is 14.1. The molecule has 25 heavy (non-hydrogen) atoms. The third kappa shape index (κ3) is 3.97. The van der Waals surface area contributed by atoms with Crippen LogP contribution >= 0.6 is 0 Å². The molecule has 0 saturated carbocycles. The van der Waals surface area contributed by atoms with Crippen molar-refractivity contribution in [2.45, 2.75) is 6.54 Å². The fraction of sp³-hybridized carbons (Fsp3) is 0.235. The second-order valence-electron chi connectivity index (χ2n) is 4.98. The van der Waals surface area contributed by atoms with Gasteiger partial charge in [-0.15, -0.1) is 0 Å². The topological polar surface area (TPSA) is 99.9 Å². The molecule has 8 heteroatoms. The maximum atomic E-state index is 12.4. The van der Waals surface area contributed by atoms with Crippen LogP contribution in [-0.4, -0.2) is 32.2 Å². The van der Waals surface area contributed by atoms with Crippen molar-refractivity contribution in [3.63, 3.8) is 0 Å². The average molecular weight is 346 g/mol. The van der Waals surface area contributed by atoms with Crippen LogP contribution in [-0.2, 0) is 6.54 Å². The zero-order chi connectivity index (χ0) is 18.4. The van der Waals surface area contributed by atoms with Crippen molar-refractivity contribution in [3.05, 3.63) is 57.6 Å². The third-order valence-electron chi connectivity index (χ3n) is 3.56. The summed E-state index contributed by atoms with van der Waals surface area (Å²) in [4.78, 5) is 22.8. The molecule has 0 heterocycles. The molecule has 2 rings (SSSR count). The maximum Gasteiger partial charge on any atom is 0.270 e. The zero-order valence-corrected chi connectivity index (χ0v) is 14.1. The predicted molar refractivity (Wildman–Crippen MR) is 90.4 cm³/mol. The van der Waals surface area contributed by atoms with Crippen LogP contribution in [0.5, 0.6) is 17.2 Å². The summed E-state index contributed by atoms with van der Waals surface area (Å²) in [7, 11) is 4.42. The summed E-state index contributed by atoms with van der Waals surface area (Å²) in [5.74, 6) is 0.810. The molecule has 8 nitrogen and oxygen atoms in total. The molecule has 0 aliphatic carbocycles. The van der Waals surface area contributed by atoms with Gasteiger partial charge < -0.3 is 19.5 Å². The van der Waals surface area contributed by atoms with E-state index >= 15 is 0 Å². The van der Waals surface area contributed by atoms with Gasteiger partial charge in [0.1, 0.15) is 5.75 Å². The minimum absolute atomic E-state index is 0.0820. The van der Waals surface area contributed by atoms with Crippen LogP contribution in [0.3, 0.4) is 0 Å². The second kappa shape index (κ2) is 8.00. The van der Waals surface area contributed by atoms with E-state index in [1.165, 1.54) is 39.5 Å². The van der Waals surface area contributed by atoms with Crippen LogP contribution < -0.4 is 19.5 Å². The molecule has 0 aliphatic rings. The van der Waals surface area contributed by atoms with Gasteiger partial charge in [-0.05, 0) is 12.1 Å². The highest BCUT2D eigenvalue weighted by Gasteiger charge is 2.18. The average Bonchev–Trinajstić information content (AvgIpc) is 2.64. The van der Waals surface area contributed by atoms with Gasteiger partial charge in [0, 0.05) is 24.2 Å². The van der Waals surface area contributed by atoms with Crippen LogP contribution in [0, 0.1) is 10.1 Å². The van der Waals surface area contributed by atoms with Gasteiger partial charge in [-0.1, -0.05) is 12.1 Å². The van der Waals surface area contributed by atoms with Crippen molar-refractivity contribution < 1.29 is 23.9 Å². The number of carbonyl (C=O) groups is 1. The predicted octanol–water partition coefficient (Wildman–Crippen LogP) is 2.55. The normalized spacial score (nSPS) is 10.0. The summed E-state index contributed by atoms with van der Waals surface area (Å²) >= 11 is 0. The van der Waals surface area contributed by atoms with Crippen LogP contribution in [0.4, 0.5) is 5.69 Å². The van der Waals surface area contributed by atoms with E-state index in [0.29, 0.717) is 17.1 Å². The lowest BCUT2D eigenvalue weighted by molar-refractivity contribution is -0.384. The number of para-hydroxylation sites is 1. The van der Waals surface area contributed by atoms with Crippen molar-refractivity contribution in [2.75, 3.05) is 21.3 Å². The van der Waals surface area contributed by atoms with E-state index < -0.39 is 10.8 Å². The Bertz CT molecular complexity index is 791. The number of nitrogens with one attached hydrogen (secondary N) is 1. The Morgan fingerprint density at radius 2 is 1.80 bits per heavy atom. The van der Waals surface area contributed by atoms with E-state index in [0.717, 1.165) is 0 Å². The van der Waals surface area contributed by atoms with E-state index in [-0.39, 0.29) is 23.5 Å². The largest absolute Gasteiger partial charge is 0.496 e. The quantitative estimate of drug-likeness (QED) is 0.611. The summed E-state index contributed by atoms with van der Waals surface area (Å²) in [6, 6.07) is 9.15. The molecule has 0 spiro atoms. The molecular weight excluding hydrogens is 328 g/mol. The Kier molecular flexibility index (Phi) is 5.78. The summed E-state index contributed by atoms with van der Waals surface area (Å²) in [6.07, 6.45) is 0. The lowest BCUT2D eigenvalue weighted by Crippen LogP contribution is -2.23. The number of benzene rings is 2. The number of hydrogen-bond acceptors (Lipinski definition) is 6. The first-order valence-electron chi connectivity index (χ1n) is 7.32. The van der Waals surface area contributed by atoms with Crippen LogP contribution in [0.2, 0.25) is 0 Å². The monoisotopic (exact) mass is 346 g/mol. The summed E-state index contributed by atoms with van der Waals surface area (Å²) in [5, 5.41) is 13.6. The molecule has 0 radical (unpaired) electrons. The molecule has 132 valence electrons. The lowest BCUT2D eigenvalue weighted by Gasteiger charge is -2.14. The van der Waals surface area contributed by atoms with Gasteiger partial charge in [-0.3, -0.25) is 14.9 Å². The molecule has 0 aliphatic heterocycles. The second-order valence-corrected chi connectivity index (χ2v) is 4.98. The fourth-order valence-electron chi connectivity index (χ4n) is 2.35. The number of ether oxygens (including phenoxy) is 3. The summed E-state index contributed by atoms with van der Waals surface area (Å²) in [5.41, 5.74) is 0.600. The Morgan fingerprint density at radius 1 is 1.08 bits per heavy atom. The molecule has 0 aromatic heterocycles. The number of nitro groups is 1. The molecule has 0 bridgehead atoms. The standard InChI is InChI=1S/C17H18N2O6/c1-23-14-8-7-12(19(21)22)9-13(14)17(20)18-10-11-5-4-6-15(24-2)16(11)25-3/h4-9H,10H2,1-3H3,(H,18,20).